The second-order valence-corrected chi connectivity index (χ2v) is 11.0. The van der Waals surface area contributed by atoms with Gasteiger partial charge in [-0.15, -0.1) is 0 Å². The molecule has 0 aliphatic heterocycles. The highest BCUT2D eigenvalue weighted by Gasteiger charge is 2.14. The fourth-order valence-electron chi connectivity index (χ4n) is 5.82. The van der Waals surface area contributed by atoms with Crippen LogP contribution in [-0.4, -0.2) is 24.9 Å². The molecule has 0 bridgehead atoms. The number of fused-ring (bicyclic) bond motifs is 1. The van der Waals surface area contributed by atoms with Crippen molar-refractivity contribution >= 4 is 10.8 Å². The molecule has 0 atom stereocenters. The molecule has 0 N–H and O–H groups in total. The van der Waals surface area contributed by atoms with Gasteiger partial charge in [-0.2, -0.15) is 0 Å². The predicted molar refractivity (Wildman–Crippen MR) is 186 cm³/mol. The van der Waals surface area contributed by atoms with Crippen LogP contribution in [0.5, 0.6) is 0 Å². The number of nitrogens with zero attached hydrogens (tertiary/aromatic N) is 5. The summed E-state index contributed by atoms with van der Waals surface area (Å²) < 4.78 is 0. The third kappa shape index (κ3) is 5.31. The molecule has 2 heterocycles. The smallest absolute Gasteiger partial charge is 0.164 e. The predicted octanol–water partition coefficient (Wildman–Crippen LogP) is 9.82. The summed E-state index contributed by atoms with van der Waals surface area (Å²) in [5.74, 6) is 1.95. The Balaban J connectivity index is 1.16. The molecule has 0 amide bonds. The summed E-state index contributed by atoms with van der Waals surface area (Å²) in [6.45, 7) is 0. The first-order valence-electron chi connectivity index (χ1n) is 15.2. The summed E-state index contributed by atoms with van der Waals surface area (Å²) >= 11 is 0. The van der Waals surface area contributed by atoms with Gasteiger partial charge in [-0.3, -0.25) is 0 Å². The van der Waals surface area contributed by atoms with Gasteiger partial charge in [0.25, 0.3) is 0 Å². The van der Waals surface area contributed by atoms with Crippen molar-refractivity contribution < 1.29 is 0 Å². The van der Waals surface area contributed by atoms with Crippen LogP contribution in [0, 0.1) is 0 Å². The van der Waals surface area contributed by atoms with Crippen LogP contribution in [0.3, 0.4) is 0 Å². The standard InChI is InChI=1S/C41H27N5/c1-3-9-31(10-4-1)39-44-40(32-11-5-2-6-12-32)46-41(45-39)33-21-17-29(18-22-33)35-24-23-34(36-13-7-8-14-37(35)36)28-15-19-30(20-16-28)38-25-26-42-27-43-38/h1-27H. The Labute approximate surface area is 267 Å². The molecule has 0 aliphatic rings. The van der Waals surface area contributed by atoms with Crippen molar-refractivity contribution in [3.05, 3.63) is 164 Å². The Hall–Kier alpha value is -6.33. The van der Waals surface area contributed by atoms with Gasteiger partial charge in [0.15, 0.2) is 17.5 Å². The molecule has 0 aliphatic carbocycles. The zero-order valence-corrected chi connectivity index (χ0v) is 24.8. The highest BCUT2D eigenvalue weighted by atomic mass is 15.0. The van der Waals surface area contributed by atoms with Gasteiger partial charge >= 0.3 is 0 Å². The third-order valence-corrected chi connectivity index (χ3v) is 8.15. The Kier molecular flexibility index (Phi) is 7.09. The molecule has 5 nitrogen and oxygen atoms in total. The van der Waals surface area contributed by atoms with E-state index in [0.29, 0.717) is 17.5 Å². The number of hydrogen-bond donors (Lipinski definition) is 0. The minimum Gasteiger partial charge on any atom is -0.245 e. The van der Waals surface area contributed by atoms with Crippen LogP contribution >= 0.6 is 0 Å². The van der Waals surface area contributed by atoms with Crippen molar-refractivity contribution in [3.63, 3.8) is 0 Å². The maximum Gasteiger partial charge on any atom is 0.164 e. The third-order valence-electron chi connectivity index (χ3n) is 8.15. The van der Waals surface area contributed by atoms with E-state index < -0.39 is 0 Å². The average Bonchev–Trinajstić information content (AvgIpc) is 3.15. The fourth-order valence-corrected chi connectivity index (χ4v) is 5.82. The average molecular weight is 590 g/mol. The molecule has 0 saturated heterocycles. The molecule has 0 unspecified atom stereocenters. The molecular weight excluding hydrogens is 562 g/mol. The van der Waals surface area contributed by atoms with E-state index in [1.54, 1.807) is 12.5 Å². The molecule has 5 heteroatoms. The van der Waals surface area contributed by atoms with E-state index in [9.17, 15) is 0 Å². The van der Waals surface area contributed by atoms with E-state index in [-0.39, 0.29) is 0 Å². The molecule has 2 aromatic heterocycles. The van der Waals surface area contributed by atoms with E-state index >= 15 is 0 Å². The van der Waals surface area contributed by atoms with Crippen LogP contribution in [0.2, 0.25) is 0 Å². The molecular formula is C41H27N5. The highest BCUT2D eigenvalue weighted by Crippen LogP contribution is 2.37. The minimum absolute atomic E-state index is 0.643. The lowest BCUT2D eigenvalue weighted by Gasteiger charge is -2.13. The zero-order chi connectivity index (χ0) is 30.7. The molecule has 0 saturated carbocycles. The number of rotatable bonds is 6. The topological polar surface area (TPSA) is 64.5 Å². The largest absolute Gasteiger partial charge is 0.245 e. The van der Waals surface area contributed by atoms with Gasteiger partial charge in [0, 0.05) is 28.5 Å². The van der Waals surface area contributed by atoms with Crippen molar-refractivity contribution in [1.29, 1.82) is 0 Å². The second-order valence-electron chi connectivity index (χ2n) is 11.0. The van der Waals surface area contributed by atoms with Gasteiger partial charge < -0.3 is 0 Å². The molecule has 8 aromatic rings. The first kappa shape index (κ1) is 27.2. The van der Waals surface area contributed by atoms with Crippen molar-refractivity contribution in [2.45, 2.75) is 0 Å². The molecule has 46 heavy (non-hydrogen) atoms. The van der Waals surface area contributed by atoms with Crippen LogP contribution in [0.4, 0.5) is 0 Å². The first-order valence-corrected chi connectivity index (χ1v) is 15.2. The van der Waals surface area contributed by atoms with Gasteiger partial charge in [-0.05, 0) is 39.1 Å². The van der Waals surface area contributed by atoms with Crippen molar-refractivity contribution in [2.75, 3.05) is 0 Å². The van der Waals surface area contributed by atoms with Gasteiger partial charge in [-0.25, -0.2) is 24.9 Å². The summed E-state index contributed by atoms with van der Waals surface area (Å²) in [5, 5.41) is 2.40. The maximum absolute atomic E-state index is 4.89. The summed E-state index contributed by atoms with van der Waals surface area (Å²) in [5.41, 5.74) is 9.48. The fraction of sp³-hybridized carbons (Fsp3) is 0. The summed E-state index contributed by atoms with van der Waals surface area (Å²) in [7, 11) is 0. The van der Waals surface area contributed by atoms with Crippen LogP contribution in [0.1, 0.15) is 0 Å². The van der Waals surface area contributed by atoms with Gasteiger partial charge in [-0.1, -0.05) is 146 Å². The van der Waals surface area contributed by atoms with Gasteiger partial charge in [0.05, 0.1) is 5.69 Å². The van der Waals surface area contributed by atoms with E-state index in [1.807, 2.05) is 66.7 Å². The van der Waals surface area contributed by atoms with Gasteiger partial charge in [0.1, 0.15) is 6.33 Å². The van der Waals surface area contributed by atoms with Crippen LogP contribution in [0.15, 0.2) is 164 Å². The molecule has 216 valence electrons. The van der Waals surface area contributed by atoms with Crippen LogP contribution in [-0.2, 0) is 0 Å². The van der Waals surface area contributed by atoms with E-state index in [2.05, 4.69) is 94.9 Å². The van der Waals surface area contributed by atoms with Crippen molar-refractivity contribution in [3.8, 4) is 67.7 Å². The van der Waals surface area contributed by atoms with Crippen molar-refractivity contribution in [1.82, 2.24) is 24.9 Å². The zero-order valence-electron chi connectivity index (χ0n) is 24.8. The molecule has 0 spiro atoms. The minimum atomic E-state index is 0.643. The number of aromatic nitrogens is 5. The summed E-state index contributed by atoms with van der Waals surface area (Å²) in [6.07, 6.45) is 3.35. The number of benzene rings is 6. The molecule has 0 fully saturated rings. The molecule has 6 aromatic carbocycles. The van der Waals surface area contributed by atoms with Crippen LogP contribution in [0.25, 0.3) is 78.4 Å². The van der Waals surface area contributed by atoms with E-state index in [4.69, 9.17) is 15.0 Å². The highest BCUT2D eigenvalue weighted by molar-refractivity contribution is 6.05. The lowest BCUT2D eigenvalue weighted by atomic mass is 9.91. The lowest BCUT2D eigenvalue weighted by Crippen LogP contribution is -2.00. The van der Waals surface area contributed by atoms with Gasteiger partial charge in [0.2, 0.25) is 0 Å². The molecule has 0 radical (unpaired) electrons. The Bertz CT molecular complexity index is 2210. The second kappa shape index (κ2) is 12.0. The van der Waals surface area contributed by atoms with E-state index in [1.165, 1.54) is 21.9 Å². The Morgan fingerprint density at radius 1 is 0.326 bits per heavy atom. The Morgan fingerprint density at radius 3 is 1.20 bits per heavy atom. The summed E-state index contributed by atoms with van der Waals surface area (Å²) in [6, 6.07) is 52.1. The Morgan fingerprint density at radius 2 is 0.739 bits per heavy atom. The quantitative estimate of drug-likeness (QED) is 0.193. The van der Waals surface area contributed by atoms with Crippen LogP contribution < -0.4 is 0 Å². The SMILES string of the molecule is c1ccc(-c2nc(-c3ccccc3)nc(-c3ccc(-c4ccc(-c5ccc(-c6ccncn6)cc5)c5ccccc45)cc3)n2)cc1. The van der Waals surface area contributed by atoms with E-state index in [0.717, 1.165) is 39.1 Å². The monoisotopic (exact) mass is 589 g/mol. The molecule has 8 rings (SSSR count). The number of hydrogen-bond acceptors (Lipinski definition) is 5. The lowest BCUT2D eigenvalue weighted by molar-refractivity contribution is 1.07. The maximum atomic E-state index is 4.89. The first-order chi connectivity index (χ1) is 22.8. The normalized spacial score (nSPS) is 11.0. The van der Waals surface area contributed by atoms with Crippen molar-refractivity contribution in [2.24, 2.45) is 0 Å². The summed E-state index contributed by atoms with van der Waals surface area (Å²) in [4.78, 5) is 23.0.